The Hall–Kier alpha value is -0.280. The van der Waals surface area contributed by atoms with Crippen LogP contribution in [0.2, 0.25) is 0 Å². The number of amides is 1. The van der Waals surface area contributed by atoms with Crippen molar-refractivity contribution in [3.63, 3.8) is 0 Å². The van der Waals surface area contributed by atoms with Gasteiger partial charge in [0.15, 0.2) is 0 Å². The lowest BCUT2D eigenvalue weighted by Crippen LogP contribution is -2.47. The van der Waals surface area contributed by atoms with E-state index in [1.807, 2.05) is 0 Å². The van der Waals surface area contributed by atoms with Crippen molar-refractivity contribution < 1.29 is 4.79 Å². The molecule has 1 amide bonds. The minimum Gasteiger partial charge on any atom is -0.342 e. The van der Waals surface area contributed by atoms with E-state index in [1.54, 1.807) is 0 Å². The summed E-state index contributed by atoms with van der Waals surface area (Å²) < 4.78 is 0. The van der Waals surface area contributed by atoms with E-state index in [0.29, 0.717) is 23.7 Å². The van der Waals surface area contributed by atoms with E-state index in [-0.39, 0.29) is 12.4 Å². The number of carbonyl (C=O) groups is 1. The second-order valence-corrected chi connectivity index (χ2v) is 5.71. The molecule has 0 radical (unpaired) electrons. The predicted molar refractivity (Wildman–Crippen MR) is 72.4 cm³/mol. The molecule has 3 nitrogen and oxygen atoms in total. The third-order valence-electron chi connectivity index (χ3n) is 3.87. The largest absolute Gasteiger partial charge is 0.342 e. The molecular weight excluding hydrogens is 236 g/mol. The van der Waals surface area contributed by atoms with Crippen molar-refractivity contribution in [1.82, 2.24) is 10.2 Å². The number of halogens is 1. The van der Waals surface area contributed by atoms with Crippen LogP contribution in [0.25, 0.3) is 0 Å². The summed E-state index contributed by atoms with van der Waals surface area (Å²) in [4.78, 5) is 14.5. The molecule has 2 rings (SSSR count). The lowest BCUT2D eigenvalue weighted by atomic mass is 9.89. The van der Waals surface area contributed by atoms with Crippen molar-refractivity contribution in [3.8, 4) is 0 Å². The fraction of sp³-hybridized carbons (Fsp3) is 0.923. The van der Waals surface area contributed by atoms with Gasteiger partial charge in [0.05, 0.1) is 0 Å². The fourth-order valence-electron chi connectivity index (χ4n) is 3.17. The summed E-state index contributed by atoms with van der Waals surface area (Å²) in [5.41, 5.74) is 0. The maximum atomic E-state index is 12.3. The van der Waals surface area contributed by atoms with Crippen molar-refractivity contribution in [2.24, 2.45) is 17.8 Å². The Morgan fingerprint density at radius 1 is 1.12 bits per heavy atom. The molecule has 0 aromatic heterocycles. The number of hydrogen-bond donors (Lipinski definition) is 1. The second-order valence-electron chi connectivity index (χ2n) is 5.71. The van der Waals surface area contributed by atoms with Crippen molar-refractivity contribution in [3.05, 3.63) is 0 Å². The minimum absolute atomic E-state index is 0. The summed E-state index contributed by atoms with van der Waals surface area (Å²) in [6.07, 6.45) is 3.33. The van der Waals surface area contributed by atoms with Crippen LogP contribution in [0.3, 0.4) is 0 Å². The zero-order chi connectivity index (χ0) is 11.5. The van der Waals surface area contributed by atoms with Gasteiger partial charge in [-0.25, -0.2) is 0 Å². The molecule has 0 spiro atoms. The highest BCUT2D eigenvalue weighted by Crippen LogP contribution is 2.24. The van der Waals surface area contributed by atoms with E-state index >= 15 is 0 Å². The average Bonchev–Trinajstić information content (AvgIpc) is 2.28. The lowest BCUT2D eigenvalue weighted by molar-refractivity contribution is -0.139. The van der Waals surface area contributed by atoms with E-state index in [4.69, 9.17) is 0 Å². The van der Waals surface area contributed by atoms with Gasteiger partial charge in [0, 0.05) is 19.0 Å². The molecule has 4 heteroatoms. The molecule has 2 fully saturated rings. The maximum Gasteiger partial charge on any atom is 0.225 e. The first-order chi connectivity index (χ1) is 7.66. The van der Waals surface area contributed by atoms with E-state index in [0.717, 1.165) is 39.0 Å². The van der Waals surface area contributed by atoms with Gasteiger partial charge in [0.25, 0.3) is 0 Å². The van der Waals surface area contributed by atoms with Gasteiger partial charge in [-0.1, -0.05) is 13.8 Å². The van der Waals surface area contributed by atoms with Gasteiger partial charge in [-0.3, -0.25) is 4.79 Å². The normalized spacial score (nSPS) is 30.8. The summed E-state index contributed by atoms with van der Waals surface area (Å²) in [5, 5.41) is 3.32. The Bertz CT molecular complexity index is 244. The maximum absolute atomic E-state index is 12.3. The van der Waals surface area contributed by atoms with Crippen LogP contribution in [0.4, 0.5) is 0 Å². The predicted octanol–water partition coefficient (Wildman–Crippen LogP) is 1.91. The first kappa shape index (κ1) is 14.8. The van der Waals surface area contributed by atoms with E-state index in [2.05, 4.69) is 24.1 Å². The van der Waals surface area contributed by atoms with Gasteiger partial charge in [-0.2, -0.15) is 0 Å². The Labute approximate surface area is 111 Å². The SMILES string of the molecule is CC1CC(C)CN(C(=O)C2CCNCC2)C1.Cl. The number of piperidine rings is 2. The molecule has 0 aromatic carbocycles. The van der Waals surface area contributed by atoms with Gasteiger partial charge in [-0.15, -0.1) is 12.4 Å². The fourth-order valence-corrected chi connectivity index (χ4v) is 3.17. The Kier molecular flexibility index (Phi) is 5.74. The first-order valence-corrected chi connectivity index (χ1v) is 6.66. The third kappa shape index (κ3) is 3.85. The number of nitrogens with zero attached hydrogens (tertiary/aromatic N) is 1. The highest BCUT2D eigenvalue weighted by atomic mass is 35.5. The molecule has 100 valence electrons. The smallest absolute Gasteiger partial charge is 0.225 e. The molecule has 17 heavy (non-hydrogen) atoms. The molecule has 0 saturated carbocycles. The summed E-state index contributed by atoms with van der Waals surface area (Å²) in [5.74, 6) is 2.06. The summed E-state index contributed by atoms with van der Waals surface area (Å²) in [7, 11) is 0. The molecule has 2 atom stereocenters. The van der Waals surface area contributed by atoms with Crippen LogP contribution in [0.15, 0.2) is 0 Å². The Morgan fingerprint density at radius 2 is 1.65 bits per heavy atom. The topological polar surface area (TPSA) is 32.3 Å². The highest BCUT2D eigenvalue weighted by molar-refractivity contribution is 5.85. The summed E-state index contributed by atoms with van der Waals surface area (Å²) in [6.45, 7) is 8.50. The standard InChI is InChI=1S/C13H24N2O.ClH/c1-10-7-11(2)9-15(8-10)13(16)12-3-5-14-6-4-12;/h10-12,14H,3-9H2,1-2H3;1H. The Balaban J connectivity index is 0.00000144. The van der Waals surface area contributed by atoms with Crippen molar-refractivity contribution in [2.75, 3.05) is 26.2 Å². The van der Waals surface area contributed by atoms with Crippen LogP contribution in [0, 0.1) is 17.8 Å². The van der Waals surface area contributed by atoms with Crippen LogP contribution >= 0.6 is 12.4 Å². The molecule has 0 aromatic rings. The quantitative estimate of drug-likeness (QED) is 0.781. The number of hydrogen-bond acceptors (Lipinski definition) is 2. The molecule has 2 unspecified atom stereocenters. The molecular formula is C13H25ClN2O. The van der Waals surface area contributed by atoms with Crippen molar-refractivity contribution >= 4 is 18.3 Å². The van der Waals surface area contributed by atoms with Crippen molar-refractivity contribution in [2.45, 2.75) is 33.1 Å². The van der Waals surface area contributed by atoms with Gasteiger partial charge in [-0.05, 0) is 44.2 Å². The second kappa shape index (κ2) is 6.60. The lowest BCUT2D eigenvalue weighted by Gasteiger charge is -2.37. The zero-order valence-corrected chi connectivity index (χ0v) is 11.8. The number of likely N-dealkylation sites (tertiary alicyclic amines) is 1. The van der Waals surface area contributed by atoms with E-state index in [1.165, 1.54) is 6.42 Å². The van der Waals surface area contributed by atoms with Crippen LogP contribution < -0.4 is 5.32 Å². The van der Waals surface area contributed by atoms with Crippen LogP contribution in [0.1, 0.15) is 33.1 Å². The van der Waals surface area contributed by atoms with Gasteiger partial charge >= 0.3 is 0 Å². The van der Waals surface area contributed by atoms with Gasteiger partial charge in [0.1, 0.15) is 0 Å². The third-order valence-corrected chi connectivity index (χ3v) is 3.87. The molecule has 2 aliphatic heterocycles. The van der Waals surface area contributed by atoms with Gasteiger partial charge < -0.3 is 10.2 Å². The monoisotopic (exact) mass is 260 g/mol. The minimum atomic E-state index is 0. The first-order valence-electron chi connectivity index (χ1n) is 6.66. The average molecular weight is 261 g/mol. The molecule has 0 bridgehead atoms. The molecule has 0 aliphatic carbocycles. The highest BCUT2D eigenvalue weighted by Gasteiger charge is 2.30. The Morgan fingerprint density at radius 3 is 2.18 bits per heavy atom. The van der Waals surface area contributed by atoms with Gasteiger partial charge in [0.2, 0.25) is 5.91 Å². The zero-order valence-electron chi connectivity index (χ0n) is 10.9. The number of rotatable bonds is 1. The number of nitrogens with one attached hydrogen (secondary N) is 1. The van der Waals surface area contributed by atoms with Crippen LogP contribution in [0.5, 0.6) is 0 Å². The molecule has 2 saturated heterocycles. The van der Waals surface area contributed by atoms with Crippen molar-refractivity contribution in [1.29, 1.82) is 0 Å². The summed E-state index contributed by atoms with van der Waals surface area (Å²) >= 11 is 0. The molecule has 2 heterocycles. The van der Waals surface area contributed by atoms with Crippen LogP contribution in [-0.4, -0.2) is 37.0 Å². The number of carbonyl (C=O) groups excluding carboxylic acids is 1. The molecule has 2 aliphatic rings. The van der Waals surface area contributed by atoms with E-state index < -0.39 is 0 Å². The van der Waals surface area contributed by atoms with E-state index in [9.17, 15) is 4.79 Å². The molecule has 1 N–H and O–H groups in total. The summed E-state index contributed by atoms with van der Waals surface area (Å²) in [6, 6.07) is 0. The van der Waals surface area contributed by atoms with Crippen LogP contribution in [-0.2, 0) is 4.79 Å².